The van der Waals surface area contributed by atoms with Crippen LogP contribution in [0.4, 0.5) is 0 Å². The maximum absolute atomic E-state index is 11.7. The second-order valence-electron chi connectivity index (χ2n) is 8.42. The molecule has 0 aromatic rings. The standard InChI is InChI=1S/C12H23N.C9H14BrNO3/c1-3-7-11(8-4-1)13-12-9-5-2-6-10-12;1-6(5-10)8(12)11-4-2-3-7(11)9(13)14/h11-13H,1-10H2;6-7H,2-5H2,1H3,(H,13,14)/t;6-,7+/m.1/s1. The van der Waals surface area contributed by atoms with Crippen LogP contribution in [0.15, 0.2) is 0 Å². The van der Waals surface area contributed by atoms with Gasteiger partial charge in [-0.15, -0.1) is 0 Å². The van der Waals surface area contributed by atoms with Crippen LogP contribution in [0.2, 0.25) is 0 Å². The lowest BCUT2D eigenvalue weighted by atomic mass is 9.91. The molecule has 5 nitrogen and oxygen atoms in total. The van der Waals surface area contributed by atoms with Crippen LogP contribution in [0.3, 0.4) is 0 Å². The van der Waals surface area contributed by atoms with Gasteiger partial charge in [-0.25, -0.2) is 4.79 Å². The zero-order valence-electron chi connectivity index (χ0n) is 16.8. The number of nitrogens with one attached hydrogen (secondary N) is 1. The maximum atomic E-state index is 11.7. The van der Waals surface area contributed by atoms with Crippen LogP contribution in [-0.4, -0.2) is 51.9 Å². The molecule has 3 fully saturated rings. The van der Waals surface area contributed by atoms with Crippen molar-refractivity contribution in [3.05, 3.63) is 0 Å². The number of carboxylic acids is 1. The molecule has 2 saturated carbocycles. The number of likely N-dealkylation sites (tertiary alicyclic amines) is 1. The summed E-state index contributed by atoms with van der Waals surface area (Å²) in [4.78, 5) is 24.0. The van der Waals surface area contributed by atoms with Crippen molar-refractivity contribution < 1.29 is 14.7 Å². The first-order valence-electron chi connectivity index (χ1n) is 10.9. The summed E-state index contributed by atoms with van der Waals surface area (Å²) in [5.74, 6) is -1.10. The summed E-state index contributed by atoms with van der Waals surface area (Å²) in [5, 5.41) is 13.3. The number of hydrogen-bond acceptors (Lipinski definition) is 3. The molecule has 1 aliphatic heterocycles. The van der Waals surface area contributed by atoms with Gasteiger partial charge in [-0.3, -0.25) is 4.79 Å². The highest BCUT2D eigenvalue weighted by Gasteiger charge is 2.35. The Morgan fingerprint density at radius 2 is 1.48 bits per heavy atom. The Morgan fingerprint density at radius 3 is 1.93 bits per heavy atom. The van der Waals surface area contributed by atoms with E-state index in [0.29, 0.717) is 18.3 Å². The third-order valence-corrected chi connectivity index (χ3v) is 7.13. The topological polar surface area (TPSA) is 69.6 Å². The summed E-state index contributed by atoms with van der Waals surface area (Å²) < 4.78 is 0. The number of rotatable bonds is 5. The first kappa shape index (κ1) is 22.7. The summed E-state index contributed by atoms with van der Waals surface area (Å²) >= 11 is 3.22. The number of halogens is 1. The lowest BCUT2D eigenvalue weighted by molar-refractivity contribution is -0.149. The fourth-order valence-corrected chi connectivity index (χ4v) is 4.79. The summed E-state index contributed by atoms with van der Waals surface area (Å²) in [6, 6.07) is 1.14. The van der Waals surface area contributed by atoms with Gasteiger partial charge in [0.2, 0.25) is 5.91 Å². The van der Waals surface area contributed by atoms with E-state index in [4.69, 9.17) is 5.11 Å². The third kappa shape index (κ3) is 7.37. The predicted molar refractivity (Wildman–Crippen MR) is 112 cm³/mol. The molecule has 2 atom stereocenters. The van der Waals surface area contributed by atoms with Gasteiger partial charge in [-0.2, -0.15) is 0 Å². The number of carbonyl (C=O) groups excluding carboxylic acids is 1. The molecule has 1 saturated heterocycles. The van der Waals surface area contributed by atoms with Crippen LogP contribution in [-0.2, 0) is 9.59 Å². The van der Waals surface area contributed by atoms with Gasteiger partial charge in [0, 0.05) is 29.9 Å². The minimum Gasteiger partial charge on any atom is -0.480 e. The van der Waals surface area contributed by atoms with Crippen molar-refractivity contribution in [1.82, 2.24) is 10.2 Å². The van der Waals surface area contributed by atoms with E-state index in [2.05, 4.69) is 21.2 Å². The van der Waals surface area contributed by atoms with Gasteiger partial charge in [0.15, 0.2) is 0 Å². The van der Waals surface area contributed by atoms with E-state index in [1.807, 2.05) is 0 Å². The first-order chi connectivity index (χ1) is 13.0. The summed E-state index contributed by atoms with van der Waals surface area (Å²) in [6.45, 7) is 2.38. The van der Waals surface area contributed by atoms with Gasteiger partial charge in [0.1, 0.15) is 6.04 Å². The maximum Gasteiger partial charge on any atom is 0.326 e. The van der Waals surface area contributed by atoms with Crippen molar-refractivity contribution in [3.8, 4) is 0 Å². The van der Waals surface area contributed by atoms with Crippen LogP contribution in [0.25, 0.3) is 0 Å². The molecule has 0 bridgehead atoms. The molecule has 0 aromatic carbocycles. The van der Waals surface area contributed by atoms with Crippen molar-refractivity contribution in [2.24, 2.45) is 5.92 Å². The molecule has 2 N–H and O–H groups in total. The van der Waals surface area contributed by atoms with Crippen molar-refractivity contribution in [3.63, 3.8) is 0 Å². The highest BCUT2D eigenvalue weighted by Crippen LogP contribution is 2.23. The molecule has 3 aliphatic rings. The number of nitrogens with zero attached hydrogens (tertiary/aromatic N) is 1. The van der Waals surface area contributed by atoms with Crippen molar-refractivity contribution in [1.29, 1.82) is 0 Å². The zero-order chi connectivity index (χ0) is 19.6. The van der Waals surface area contributed by atoms with Crippen LogP contribution in [0.5, 0.6) is 0 Å². The fourth-order valence-electron chi connectivity index (χ4n) is 4.51. The SMILES string of the molecule is C1CCC(NC2CCCCC2)CC1.C[C@H](CBr)C(=O)N1CCC[C@H]1C(=O)O. The monoisotopic (exact) mass is 444 g/mol. The number of carbonyl (C=O) groups is 2. The van der Waals surface area contributed by atoms with Crippen LogP contribution < -0.4 is 5.32 Å². The Bertz CT molecular complexity index is 446. The number of carboxylic acid groups (broad SMARTS) is 1. The van der Waals surface area contributed by atoms with E-state index in [-0.39, 0.29) is 11.8 Å². The van der Waals surface area contributed by atoms with Crippen molar-refractivity contribution in [2.75, 3.05) is 11.9 Å². The smallest absolute Gasteiger partial charge is 0.326 e. The molecule has 156 valence electrons. The van der Waals surface area contributed by atoms with Gasteiger partial charge in [0.25, 0.3) is 0 Å². The highest BCUT2D eigenvalue weighted by atomic mass is 79.9. The minimum absolute atomic E-state index is 0.0632. The molecule has 27 heavy (non-hydrogen) atoms. The molecule has 2 aliphatic carbocycles. The first-order valence-corrected chi connectivity index (χ1v) is 12.0. The molecule has 3 rings (SSSR count). The lowest BCUT2D eigenvalue weighted by Gasteiger charge is -2.30. The number of amides is 1. The van der Waals surface area contributed by atoms with Gasteiger partial charge in [0.05, 0.1) is 0 Å². The van der Waals surface area contributed by atoms with Crippen LogP contribution >= 0.6 is 15.9 Å². The van der Waals surface area contributed by atoms with Gasteiger partial charge in [-0.1, -0.05) is 61.4 Å². The predicted octanol–water partition coefficient (Wildman–Crippen LogP) is 4.33. The summed E-state index contributed by atoms with van der Waals surface area (Å²) in [7, 11) is 0. The molecule has 0 radical (unpaired) electrons. The molecule has 0 unspecified atom stereocenters. The average Bonchev–Trinajstić information content (AvgIpc) is 3.19. The lowest BCUT2D eigenvalue weighted by Crippen LogP contribution is -2.43. The molecule has 0 spiro atoms. The minimum atomic E-state index is -0.891. The molecule has 1 heterocycles. The zero-order valence-corrected chi connectivity index (χ0v) is 18.4. The summed E-state index contributed by atoms with van der Waals surface area (Å²) in [5.41, 5.74) is 0. The Labute approximate surface area is 172 Å². The van der Waals surface area contributed by atoms with Gasteiger partial charge < -0.3 is 15.3 Å². The molecule has 1 amide bonds. The van der Waals surface area contributed by atoms with E-state index < -0.39 is 12.0 Å². The Morgan fingerprint density at radius 1 is 0.963 bits per heavy atom. The molecule has 0 aromatic heterocycles. The summed E-state index contributed by atoms with van der Waals surface area (Å²) in [6.07, 6.45) is 15.9. The van der Waals surface area contributed by atoms with E-state index in [9.17, 15) is 9.59 Å². The fraction of sp³-hybridized carbons (Fsp3) is 0.905. The van der Waals surface area contributed by atoms with Crippen molar-refractivity contribution >= 4 is 27.8 Å². The Balaban J connectivity index is 0.000000194. The quantitative estimate of drug-likeness (QED) is 0.618. The van der Waals surface area contributed by atoms with Crippen LogP contribution in [0, 0.1) is 5.92 Å². The van der Waals surface area contributed by atoms with Crippen LogP contribution in [0.1, 0.15) is 84.0 Å². The number of aliphatic carboxylic acids is 1. The van der Waals surface area contributed by atoms with Gasteiger partial charge in [-0.05, 0) is 38.5 Å². The third-order valence-electron chi connectivity index (χ3n) is 6.16. The number of alkyl halides is 1. The van der Waals surface area contributed by atoms with Gasteiger partial charge >= 0.3 is 5.97 Å². The Hall–Kier alpha value is -0.620. The highest BCUT2D eigenvalue weighted by molar-refractivity contribution is 9.09. The van der Waals surface area contributed by atoms with E-state index in [0.717, 1.165) is 18.5 Å². The van der Waals surface area contributed by atoms with E-state index in [1.54, 1.807) is 6.92 Å². The average molecular weight is 445 g/mol. The Kier molecular flexibility index (Phi) is 10.1. The second kappa shape index (κ2) is 12.1. The molecular weight excluding hydrogens is 408 g/mol. The van der Waals surface area contributed by atoms with E-state index >= 15 is 0 Å². The largest absolute Gasteiger partial charge is 0.480 e. The number of hydrogen-bond donors (Lipinski definition) is 2. The second-order valence-corrected chi connectivity index (χ2v) is 9.07. The molecular formula is C21H37BrN2O3. The van der Waals surface area contributed by atoms with Crippen molar-refractivity contribution in [2.45, 2.75) is 102 Å². The normalized spacial score (nSPS) is 25.6. The van der Waals surface area contributed by atoms with E-state index in [1.165, 1.54) is 69.1 Å². The molecule has 6 heteroatoms.